The molecule has 0 amide bonds. The monoisotopic (exact) mass is 200 g/mol. The highest BCUT2D eigenvalue weighted by molar-refractivity contribution is 9.09. The van der Waals surface area contributed by atoms with Gasteiger partial charge in [0.05, 0.1) is 0 Å². The van der Waals surface area contributed by atoms with Gasteiger partial charge in [0, 0.05) is 17.2 Å². The Kier molecular flexibility index (Phi) is 2.81. The van der Waals surface area contributed by atoms with E-state index in [4.69, 9.17) is 0 Å². The number of halogens is 1. The van der Waals surface area contributed by atoms with E-state index >= 15 is 0 Å². The Bertz CT molecular complexity index is 213. The van der Waals surface area contributed by atoms with Gasteiger partial charge in [-0.3, -0.25) is 0 Å². The Labute approximate surface area is 68.8 Å². The van der Waals surface area contributed by atoms with E-state index in [1.54, 1.807) is 6.20 Å². The molecule has 0 radical (unpaired) electrons. The molecule has 10 heavy (non-hydrogen) atoms. The van der Waals surface area contributed by atoms with Gasteiger partial charge in [-0.25, -0.2) is 9.97 Å². The predicted molar refractivity (Wildman–Crippen MR) is 44.3 cm³/mol. The summed E-state index contributed by atoms with van der Waals surface area (Å²) in [6.45, 7) is 1.90. The van der Waals surface area contributed by atoms with Crippen molar-refractivity contribution in [1.29, 1.82) is 0 Å². The van der Waals surface area contributed by atoms with Gasteiger partial charge in [-0.2, -0.15) is 0 Å². The largest absolute Gasteiger partial charge is 0.242 e. The molecule has 0 saturated heterocycles. The van der Waals surface area contributed by atoms with E-state index < -0.39 is 0 Å². The lowest BCUT2D eigenvalue weighted by Crippen LogP contribution is -1.94. The van der Waals surface area contributed by atoms with Crippen LogP contribution in [0.4, 0.5) is 0 Å². The average Bonchev–Trinajstić information content (AvgIpc) is 1.88. The minimum absolute atomic E-state index is 0.846. The minimum Gasteiger partial charge on any atom is -0.242 e. The van der Waals surface area contributed by atoms with Crippen LogP contribution in [0.5, 0.6) is 0 Å². The molecule has 0 aliphatic carbocycles. The number of aryl methyl sites for hydroxylation is 2. The maximum absolute atomic E-state index is 4.22. The van der Waals surface area contributed by atoms with Gasteiger partial charge in [-0.15, -0.1) is 0 Å². The third-order valence-corrected chi connectivity index (χ3v) is 1.58. The number of alkyl halides is 1. The fourth-order valence-electron chi connectivity index (χ4n) is 0.741. The van der Waals surface area contributed by atoms with Crippen molar-refractivity contribution in [2.24, 2.45) is 0 Å². The number of hydrogen-bond donors (Lipinski definition) is 0. The topological polar surface area (TPSA) is 25.8 Å². The normalized spacial score (nSPS) is 9.80. The van der Waals surface area contributed by atoms with Crippen molar-refractivity contribution >= 4 is 15.9 Å². The van der Waals surface area contributed by atoms with Crippen LogP contribution in [-0.2, 0) is 6.42 Å². The van der Waals surface area contributed by atoms with Gasteiger partial charge in [0.25, 0.3) is 0 Å². The van der Waals surface area contributed by atoms with Gasteiger partial charge in [0.2, 0.25) is 0 Å². The second-order valence-electron chi connectivity index (χ2n) is 2.03. The summed E-state index contributed by atoms with van der Waals surface area (Å²) in [6.07, 6.45) is 2.77. The zero-order valence-electron chi connectivity index (χ0n) is 5.84. The van der Waals surface area contributed by atoms with Crippen LogP contribution in [0.15, 0.2) is 12.3 Å². The van der Waals surface area contributed by atoms with Crippen molar-refractivity contribution < 1.29 is 0 Å². The third kappa shape index (κ3) is 2.06. The molecule has 3 heteroatoms. The summed E-state index contributed by atoms with van der Waals surface area (Å²) >= 11 is 3.35. The molecule has 0 N–H and O–H groups in total. The van der Waals surface area contributed by atoms with E-state index in [2.05, 4.69) is 25.9 Å². The Morgan fingerprint density at radius 2 is 2.40 bits per heavy atom. The summed E-state index contributed by atoms with van der Waals surface area (Å²) in [5.41, 5.74) is 1.10. The zero-order valence-corrected chi connectivity index (χ0v) is 7.43. The lowest BCUT2D eigenvalue weighted by molar-refractivity contribution is 0.957. The molecule has 1 rings (SSSR count). The summed E-state index contributed by atoms with van der Waals surface area (Å²) in [6, 6.07) is 1.94. The highest BCUT2D eigenvalue weighted by Crippen LogP contribution is 1.97. The molecule has 0 aliphatic heterocycles. The van der Waals surface area contributed by atoms with Crippen LogP contribution >= 0.6 is 15.9 Å². The van der Waals surface area contributed by atoms with Crippen LogP contribution in [0, 0.1) is 6.92 Å². The molecule has 2 nitrogen and oxygen atoms in total. The Hall–Kier alpha value is -0.440. The van der Waals surface area contributed by atoms with Crippen LogP contribution < -0.4 is 0 Å². The van der Waals surface area contributed by atoms with E-state index in [-0.39, 0.29) is 0 Å². The standard InChI is InChI=1S/C7H9BrN2/c1-6-9-5-3-7(10-6)2-4-8/h3,5H,2,4H2,1H3. The highest BCUT2D eigenvalue weighted by Gasteiger charge is 1.92. The molecule has 1 heterocycles. The van der Waals surface area contributed by atoms with E-state index in [1.807, 2.05) is 13.0 Å². The van der Waals surface area contributed by atoms with E-state index in [1.165, 1.54) is 0 Å². The first kappa shape index (κ1) is 7.66. The van der Waals surface area contributed by atoms with Crippen molar-refractivity contribution in [1.82, 2.24) is 9.97 Å². The first-order valence-electron chi connectivity index (χ1n) is 3.17. The molecule has 0 aromatic carbocycles. The Morgan fingerprint density at radius 1 is 1.60 bits per heavy atom. The molecular weight excluding hydrogens is 192 g/mol. The van der Waals surface area contributed by atoms with Crippen LogP contribution in [0.3, 0.4) is 0 Å². The quantitative estimate of drug-likeness (QED) is 0.681. The Morgan fingerprint density at radius 3 is 3.00 bits per heavy atom. The predicted octanol–water partition coefficient (Wildman–Crippen LogP) is 1.72. The number of nitrogens with zero attached hydrogens (tertiary/aromatic N) is 2. The van der Waals surface area contributed by atoms with Gasteiger partial charge >= 0.3 is 0 Å². The molecule has 0 fully saturated rings. The number of rotatable bonds is 2. The van der Waals surface area contributed by atoms with Crippen molar-refractivity contribution in [3.05, 3.63) is 23.8 Å². The minimum atomic E-state index is 0.846. The van der Waals surface area contributed by atoms with Gasteiger partial charge in [0.1, 0.15) is 5.82 Å². The number of aromatic nitrogens is 2. The van der Waals surface area contributed by atoms with Crippen LogP contribution in [-0.4, -0.2) is 15.3 Å². The fraction of sp³-hybridized carbons (Fsp3) is 0.429. The van der Waals surface area contributed by atoms with Gasteiger partial charge in [0.15, 0.2) is 0 Å². The first-order valence-corrected chi connectivity index (χ1v) is 4.29. The molecule has 1 aromatic heterocycles. The molecular formula is C7H9BrN2. The van der Waals surface area contributed by atoms with Crippen molar-refractivity contribution in [2.75, 3.05) is 5.33 Å². The van der Waals surface area contributed by atoms with Gasteiger partial charge < -0.3 is 0 Å². The SMILES string of the molecule is Cc1nccc(CCBr)n1. The van der Waals surface area contributed by atoms with Crippen molar-refractivity contribution in [2.45, 2.75) is 13.3 Å². The second-order valence-corrected chi connectivity index (χ2v) is 2.83. The smallest absolute Gasteiger partial charge is 0.125 e. The summed E-state index contributed by atoms with van der Waals surface area (Å²) in [4.78, 5) is 8.22. The summed E-state index contributed by atoms with van der Waals surface area (Å²) in [5.74, 6) is 0.846. The molecule has 0 saturated carbocycles. The molecule has 0 unspecified atom stereocenters. The van der Waals surface area contributed by atoms with Gasteiger partial charge in [-0.1, -0.05) is 15.9 Å². The lowest BCUT2D eigenvalue weighted by atomic mass is 10.3. The second kappa shape index (κ2) is 3.66. The van der Waals surface area contributed by atoms with Crippen LogP contribution in [0.1, 0.15) is 11.5 Å². The fourth-order valence-corrected chi connectivity index (χ4v) is 1.15. The summed E-state index contributed by atoms with van der Waals surface area (Å²) in [5, 5.41) is 0.962. The van der Waals surface area contributed by atoms with E-state index in [0.29, 0.717) is 0 Å². The molecule has 0 atom stereocenters. The molecule has 54 valence electrons. The van der Waals surface area contributed by atoms with Crippen LogP contribution in [0.25, 0.3) is 0 Å². The molecule has 0 spiro atoms. The van der Waals surface area contributed by atoms with Gasteiger partial charge in [-0.05, 0) is 19.4 Å². The van der Waals surface area contributed by atoms with Crippen molar-refractivity contribution in [3.8, 4) is 0 Å². The van der Waals surface area contributed by atoms with Crippen molar-refractivity contribution in [3.63, 3.8) is 0 Å². The third-order valence-electron chi connectivity index (χ3n) is 1.18. The lowest BCUT2D eigenvalue weighted by Gasteiger charge is -1.95. The molecule has 0 bridgehead atoms. The summed E-state index contributed by atoms with van der Waals surface area (Å²) in [7, 11) is 0. The zero-order chi connectivity index (χ0) is 7.40. The maximum atomic E-state index is 4.22. The average molecular weight is 201 g/mol. The van der Waals surface area contributed by atoms with E-state index in [9.17, 15) is 0 Å². The number of hydrogen-bond acceptors (Lipinski definition) is 2. The summed E-state index contributed by atoms with van der Waals surface area (Å²) < 4.78 is 0. The van der Waals surface area contributed by atoms with Crippen LogP contribution in [0.2, 0.25) is 0 Å². The first-order chi connectivity index (χ1) is 4.83. The maximum Gasteiger partial charge on any atom is 0.125 e. The molecule has 1 aromatic rings. The highest BCUT2D eigenvalue weighted by atomic mass is 79.9. The Balaban J connectivity index is 2.75. The van der Waals surface area contributed by atoms with E-state index in [0.717, 1.165) is 23.3 Å². The molecule has 0 aliphatic rings.